The topological polar surface area (TPSA) is 64.0 Å². The number of aryl methyl sites for hydroxylation is 1. The fraction of sp³-hybridized carbons (Fsp3) is 0.100. The van der Waals surface area contributed by atoms with Crippen LogP contribution in [0.15, 0.2) is 33.9 Å². The van der Waals surface area contributed by atoms with Crippen LogP contribution in [0, 0.1) is 5.82 Å². The van der Waals surface area contributed by atoms with Gasteiger partial charge in [-0.2, -0.15) is 13.5 Å². The minimum absolute atomic E-state index is 0.0116. The van der Waals surface area contributed by atoms with E-state index >= 15 is 0 Å². The Bertz CT molecular complexity index is 713. The summed E-state index contributed by atoms with van der Waals surface area (Å²) in [5, 5.41) is 3.54. The molecule has 0 aliphatic rings. The van der Waals surface area contributed by atoms with Crippen molar-refractivity contribution in [2.24, 2.45) is 7.05 Å². The summed E-state index contributed by atoms with van der Waals surface area (Å²) < 4.78 is 41.2. The van der Waals surface area contributed by atoms with E-state index in [1.54, 1.807) is 0 Å². The molecular formula is C10H8BrClFN3O2S. The highest BCUT2D eigenvalue weighted by atomic mass is 79.9. The van der Waals surface area contributed by atoms with Crippen LogP contribution in [0.4, 0.5) is 10.1 Å². The zero-order valence-corrected chi connectivity index (χ0v) is 12.7. The van der Waals surface area contributed by atoms with Crippen LogP contribution >= 0.6 is 27.5 Å². The highest BCUT2D eigenvalue weighted by molar-refractivity contribution is 9.10. The number of benzene rings is 1. The summed E-state index contributed by atoms with van der Waals surface area (Å²) in [6.07, 6.45) is 1.22. The van der Waals surface area contributed by atoms with Gasteiger partial charge in [-0.25, -0.2) is 4.39 Å². The zero-order chi connectivity index (χ0) is 14.2. The molecule has 0 spiro atoms. The largest absolute Gasteiger partial charge is 0.280 e. The first-order chi connectivity index (χ1) is 8.81. The maximum absolute atomic E-state index is 13.1. The molecule has 0 radical (unpaired) electrons. The Balaban J connectivity index is 2.45. The van der Waals surface area contributed by atoms with Crippen LogP contribution in [0.2, 0.25) is 5.02 Å². The van der Waals surface area contributed by atoms with Gasteiger partial charge in [-0.3, -0.25) is 9.40 Å². The van der Waals surface area contributed by atoms with Crippen molar-refractivity contribution in [2.75, 3.05) is 4.72 Å². The molecule has 1 aromatic heterocycles. The lowest BCUT2D eigenvalue weighted by molar-refractivity contribution is 0.582. The minimum Gasteiger partial charge on any atom is -0.277 e. The Kier molecular flexibility index (Phi) is 3.84. The molecular weight excluding hydrogens is 361 g/mol. The first-order valence-electron chi connectivity index (χ1n) is 4.96. The van der Waals surface area contributed by atoms with Crippen molar-refractivity contribution in [3.8, 4) is 0 Å². The van der Waals surface area contributed by atoms with Crippen LogP contribution in [0.5, 0.6) is 0 Å². The molecule has 1 heterocycles. The standard InChI is InChI=1S/C10H8BrClFN3O2S/c1-16-10(8(12)5-14-16)19(17,18)15-9-4-6(13)2-3-7(9)11/h2-5,15H,1H3. The van der Waals surface area contributed by atoms with Gasteiger partial charge in [0.25, 0.3) is 10.0 Å². The molecule has 0 aliphatic carbocycles. The second-order valence-corrected chi connectivity index (χ2v) is 6.51. The van der Waals surface area contributed by atoms with Crippen molar-refractivity contribution >= 4 is 43.2 Å². The molecule has 19 heavy (non-hydrogen) atoms. The second kappa shape index (κ2) is 5.10. The molecule has 0 amide bonds. The Morgan fingerprint density at radius 3 is 2.74 bits per heavy atom. The maximum atomic E-state index is 13.1. The van der Waals surface area contributed by atoms with E-state index in [1.165, 1.54) is 25.4 Å². The van der Waals surface area contributed by atoms with Crippen LogP contribution in [0.3, 0.4) is 0 Å². The number of nitrogens with one attached hydrogen (secondary N) is 1. The van der Waals surface area contributed by atoms with Gasteiger partial charge in [0.1, 0.15) is 5.82 Å². The molecule has 0 bridgehead atoms. The third-order valence-corrected chi connectivity index (χ3v) is 4.83. The smallest absolute Gasteiger partial charge is 0.277 e. The van der Waals surface area contributed by atoms with Crippen LogP contribution in [-0.2, 0) is 17.1 Å². The molecule has 102 valence electrons. The Hall–Kier alpha value is -1.12. The molecule has 0 fully saturated rings. The van der Waals surface area contributed by atoms with E-state index < -0.39 is 15.8 Å². The third kappa shape index (κ3) is 2.90. The van der Waals surface area contributed by atoms with Gasteiger partial charge < -0.3 is 0 Å². The van der Waals surface area contributed by atoms with Crippen molar-refractivity contribution in [2.45, 2.75) is 5.03 Å². The number of halogens is 3. The van der Waals surface area contributed by atoms with Gasteiger partial charge in [0, 0.05) is 11.5 Å². The van der Waals surface area contributed by atoms with E-state index in [0.29, 0.717) is 4.47 Å². The molecule has 1 N–H and O–H groups in total. The lowest BCUT2D eigenvalue weighted by atomic mass is 10.3. The van der Waals surface area contributed by atoms with Crippen molar-refractivity contribution in [3.05, 3.63) is 39.7 Å². The first kappa shape index (κ1) is 14.3. The molecule has 9 heteroatoms. The van der Waals surface area contributed by atoms with Crippen molar-refractivity contribution < 1.29 is 12.8 Å². The Morgan fingerprint density at radius 1 is 1.47 bits per heavy atom. The third-order valence-electron chi connectivity index (χ3n) is 2.27. The zero-order valence-electron chi connectivity index (χ0n) is 9.56. The summed E-state index contributed by atoms with van der Waals surface area (Å²) in [4.78, 5) is 0. The summed E-state index contributed by atoms with van der Waals surface area (Å²) in [6.45, 7) is 0. The fourth-order valence-corrected chi connectivity index (χ4v) is 3.68. The minimum atomic E-state index is -3.95. The van der Waals surface area contributed by atoms with E-state index in [4.69, 9.17) is 11.6 Å². The predicted molar refractivity (Wildman–Crippen MR) is 73.1 cm³/mol. The summed E-state index contributed by atoms with van der Waals surface area (Å²) in [5.74, 6) is -0.558. The molecule has 0 unspecified atom stereocenters. The number of rotatable bonds is 3. The number of nitrogens with zero attached hydrogens (tertiary/aromatic N) is 2. The van der Waals surface area contributed by atoms with E-state index in [0.717, 1.165) is 10.7 Å². The maximum Gasteiger partial charge on any atom is 0.280 e. The van der Waals surface area contributed by atoms with Gasteiger partial charge in [-0.05, 0) is 34.1 Å². The quantitative estimate of drug-likeness (QED) is 0.906. The Labute approximate surface area is 122 Å². The van der Waals surface area contributed by atoms with Gasteiger partial charge in [-0.1, -0.05) is 11.6 Å². The highest BCUT2D eigenvalue weighted by Crippen LogP contribution is 2.27. The van der Waals surface area contributed by atoms with E-state index in [2.05, 4.69) is 25.8 Å². The van der Waals surface area contributed by atoms with Crippen molar-refractivity contribution in [3.63, 3.8) is 0 Å². The second-order valence-electron chi connectivity index (χ2n) is 3.65. The molecule has 5 nitrogen and oxygen atoms in total. The van der Waals surface area contributed by atoms with Gasteiger partial charge in [0.05, 0.1) is 16.9 Å². The van der Waals surface area contributed by atoms with Gasteiger partial charge in [0.2, 0.25) is 0 Å². The average molecular weight is 369 g/mol. The average Bonchev–Trinajstić information content (AvgIpc) is 2.64. The van der Waals surface area contributed by atoms with Crippen LogP contribution in [-0.4, -0.2) is 18.2 Å². The summed E-state index contributed by atoms with van der Waals surface area (Å²) in [6, 6.07) is 3.67. The van der Waals surface area contributed by atoms with Crippen molar-refractivity contribution in [1.82, 2.24) is 9.78 Å². The predicted octanol–water partition coefficient (Wildman–Crippen LogP) is 2.78. The summed E-state index contributed by atoms with van der Waals surface area (Å²) in [7, 11) is -2.50. The SMILES string of the molecule is Cn1ncc(Cl)c1S(=O)(=O)Nc1cc(F)ccc1Br. The first-order valence-corrected chi connectivity index (χ1v) is 7.62. The molecule has 1 aromatic carbocycles. The van der Waals surface area contributed by atoms with Gasteiger partial charge in [-0.15, -0.1) is 0 Å². The summed E-state index contributed by atoms with van der Waals surface area (Å²) in [5.41, 5.74) is 0.0808. The molecule has 0 atom stereocenters. The van der Waals surface area contributed by atoms with Gasteiger partial charge >= 0.3 is 0 Å². The number of hydrogen-bond donors (Lipinski definition) is 1. The molecule has 0 saturated heterocycles. The number of sulfonamides is 1. The molecule has 2 aromatic rings. The van der Waals surface area contributed by atoms with Gasteiger partial charge in [0.15, 0.2) is 5.03 Å². The van der Waals surface area contributed by atoms with Crippen LogP contribution in [0.1, 0.15) is 0 Å². The van der Waals surface area contributed by atoms with E-state index in [1.807, 2.05) is 0 Å². The number of hydrogen-bond acceptors (Lipinski definition) is 3. The lowest BCUT2D eigenvalue weighted by Crippen LogP contribution is -2.17. The molecule has 0 aliphatic heterocycles. The highest BCUT2D eigenvalue weighted by Gasteiger charge is 2.23. The summed E-state index contributed by atoms with van der Waals surface area (Å²) >= 11 is 8.91. The normalized spacial score (nSPS) is 11.6. The van der Waals surface area contributed by atoms with Crippen molar-refractivity contribution in [1.29, 1.82) is 0 Å². The van der Waals surface area contributed by atoms with E-state index in [-0.39, 0.29) is 15.7 Å². The molecule has 0 saturated carbocycles. The number of anilines is 1. The number of aromatic nitrogens is 2. The monoisotopic (exact) mass is 367 g/mol. The van der Waals surface area contributed by atoms with Crippen LogP contribution in [0.25, 0.3) is 0 Å². The Morgan fingerprint density at radius 2 is 2.16 bits per heavy atom. The fourth-order valence-electron chi connectivity index (χ4n) is 1.47. The lowest BCUT2D eigenvalue weighted by Gasteiger charge is -2.10. The van der Waals surface area contributed by atoms with Crippen LogP contribution < -0.4 is 4.72 Å². The molecule has 2 rings (SSSR count). The van der Waals surface area contributed by atoms with E-state index in [9.17, 15) is 12.8 Å².